The van der Waals surface area contributed by atoms with Crippen molar-refractivity contribution in [1.82, 2.24) is 5.16 Å². The zero-order chi connectivity index (χ0) is 16.2. The molecule has 1 heterocycles. The molecule has 0 saturated carbocycles. The molecule has 2 aromatic carbocycles. The first-order valence-corrected chi connectivity index (χ1v) is 7.12. The Morgan fingerprint density at radius 1 is 1.09 bits per heavy atom. The number of methoxy groups -OCH3 is 1. The van der Waals surface area contributed by atoms with E-state index in [1.165, 1.54) is 6.26 Å². The van der Waals surface area contributed by atoms with E-state index in [1.54, 1.807) is 19.1 Å². The van der Waals surface area contributed by atoms with Gasteiger partial charge in [0.15, 0.2) is 0 Å². The van der Waals surface area contributed by atoms with E-state index >= 15 is 0 Å². The summed E-state index contributed by atoms with van der Waals surface area (Å²) in [5.41, 5.74) is 2.56. The van der Waals surface area contributed by atoms with Crippen LogP contribution in [0.5, 0.6) is 5.75 Å². The summed E-state index contributed by atoms with van der Waals surface area (Å²) in [5, 5.41) is 3.97. The largest absolute Gasteiger partial charge is 0.497 e. The maximum Gasteiger partial charge on any atom is 0.263 e. The predicted molar refractivity (Wildman–Crippen MR) is 87.7 cm³/mol. The summed E-state index contributed by atoms with van der Waals surface area (Å²) in [6, 6.07) is 16.8. The van der Waals surface area contributed by atoms with Crippen LogP contribution in [0.1, 0.15) is 10.4 Å². The van der Waals surface area contributed by atoms with Crippen molar-refractivity contribution in [3.63, 3.8) is 0 Å². The SMILES string of the molecule is COc1ccc(N(C)C(=O)c2conc2-c2ccccc2)cc1. The number of carbonyl (C=O) groups is 1. The van der Waals surface area contributed by atoms with E-state index in [9.17, 15) is 4.79 Å². The van der Waals surface area contributed by atoms with Crippen LogP contribution in [0.2, 0.25) is 0 Å². The van der Waals surface area contributed by atoms with Crippen molar-refractivity contribution in [3.05, 3.63) is 66.4 Å². The van der Waals surface area contributed by atoms with Crippen molar-refractivity contribution in [3.8, 4) is 17.0 Å². The Kier molecular flexibility index (Phi) is 4.10. The Morgan fingerprint density at radius 3 is 2.43 bits per heavy atom. The zero-order valence-electron chi connectivity index (χ0n) is 12.9. The highest BCUT2D eigenvalue weighted by atomic mass is 16.5. The van der Waals surface area contributed by atoms with Gasteiger partial charge in [0.05, 0.1) is 7.11 Å². The van der Waals surface area contributed by atoms with Gasteiger partial charge in [-0.2, -0.15) is 0 Å². The molecule has 0 bridgehead atoms. The van der Waals surface area contributed by atoms with Crippen molar-refractivity contribution in [2.75, 3.05) is 19.1 Å². The third-order valence-corrected chi connectivity index (χ3v) is 3.61. The fourth-order valence-electron chi connectivity index (χ4n) is 2.30. The van der Waals surface area contributed by atoms with Gasteiger partial charge in [0, 0.05) is 18.3 Å². The minimum Gasteiger partial charge on any atom is -0.497 e. The molecule has 1 amide bonds. The van der Waals surface area contributed by atoms with Crippen LogP contribution in [0.4, 0.5) is 5.69 Å². The Labute approximate surface area is 134 Å². The number of carbonyl (C=O) groups excluding carboxylic acids is 1. The number of nitrogens with zero attached hydrogens (tertiary/aromatic N) is 2. The molecule has 0 spiro atoms. The number of ether oxygens (including phenoxy) is 1. The molecule has 5 nitrogen and oxygen atoms in total. The third kappa shape index (κ3) is 2.94. The van der Waals surface area contributed by atoms with Crippen molar-refractivity contribution >= 4 is 11.6 Å². The monoisotopic (exact) mass is 308 g/mol. The van der Waals surface area contributed by atoms with Gasteiger partial charge < -0.3 is 14.2 Å². The quantitative estimate of drug-likeness (QED) is 0.738. The summed E-state index contributed by atoms with van der Waals surface area (Å²) in [4.78, 5) is 14.3. The van der Waals surface area contributed by atoms with Gasteiger partial charge in [-0.15, -0.1) is 0 Å². The lowest BCUT2D eigenvalue weighted by atomic mass is 10.1. The van der Waals surface area contributed by atoms with Gasteiger partial charge in [0.1, 0.15) is 23.3 Å². The summed E-state index contributed by atoms with van der Waals surface area (Å²) in [5.74, 6) is 0.555. The first-order chi connectivity index (χ1) is 11.2. The van der Waals surface area contributed by atoms with Gasteiger partial charge in [-0.1, -0.05) is 35.5 Å². The summed E-state index contributed by atoms with van der Waals surface area (Å²) in [7, 11) is 3.32. The molecule has 0 fully saturated rings. The topological polar surface area (TPSA) is 55.6 Å². The van der Waals surface area contributed by atoms with E-state index in [-0.39, 0.29) is 5.91 Å². The molecular weight excluding hydrogens is 292 g/mol. The minimum absolute atomic E-state index is 0.185. The second-order valence-electron chi connectivity index (χ2n) is 5.01. The highest BCUT2D eigenvalue weighted by Crippen LogP contribution is 2.25. The van der Waals surface area contributed by atoms with Crippen LogP contribution in [-0.2, 0) is 0 Å². The highest BCUT2D eigenvalue weighted by Gasteiger charge is 2.21. The molecule has 0 aliphatic rings. The highest BCUT2D eigenvalue weighted by molar-refractivity contribution is 6.09. The van der Waals surface area contributed by atoms with Crippen molar-refractivity contribution in [1.29, 1.82) is 0 Å². The molecule has 0 radical (unpaired) electrons. The standard InChI is InChI=1S/C18H16N2O3/c1-20(14-8-10-15(22-2)11-9-14)18(21)16-12-23-19-17(16)13-6-4-3-5-7-13/h3-12H,1-2H3. The molecule has 1 aromatic heterocycles. The summed E-state index contributed by atoms with van der Waals surface area (Å²) >= 11 is 0. The fourth-order valence-corrected chi connectivity index (χ4v) is 2.30. The van der Waals surface area contributed by atoms with Crippen molar-refractivity contribution in [2.24, 2.45) is 0 Å². The van der Waals surface area contributed by atoms with E-state index in [0.717, 1.165) is 17.0 Å². The maximum atomic E-state index is 12.7. The minimum atomic E-state index is -0.185. The van der Waals surface area contributed by atoms with Gasteiger partial charge in [0.2, 0.25) is 0 Å². The van der Waals surface area contributed by atoms with E-state index in [2.05, 4.69) is 5.16 Å². The molecule has 0 unspecified atom stereocenters. The number of amides is 1. The Bertz CT molecular complexity index is 795. The average Bonchev–Trinajstić information content (AvgIpc) is 3.11. The number of anilines is 1. The summed E-state index contributed by atoms with van der Waals surface area (Å²) in [6.45, 7) is 0. The van der Waals surface area contributed by atoms with Crippen LogP contribution in [0.25, 0.3) is 11.3 Å². The van der Waals surface area contributed by atoms with E-state index in [1.807, 2.05) is 54.6 Å². The van der Waals surface area contributed by atoms with Crippen LogP contribution in [0, 0.1) is 0 Å². The smallest absolute Gasteiger partial charge is 0.263 e. The molecular formula is C18H16N2O3. The van der Waals surface area contributed by atoms with Crippen molar-refractivity contribution in [2.45, 2.75) is 0 Å². The lowest BCUT2D eigenvalue weighted by Gasteiger charge is -2.17. The summed E-state index contributed by atoms with van der Waals surface area (Å²) < 4.78 is 10.2. The van der Waals surface area contributed by atoms with Gasteiger partial charge in [-0.3, -0.25) is 4.79 Å². The van der Waals surface area contributed by atoms with Crippen LogP contribution >= 0.6 is 0 Å². The second-order valence-corrected chi connectivity index (χ2v) is 5.01. The average molecular weight is 308 g/mol. The van der Waals surface area contributed by atoms with E-state index in [4.69, 9.17) is 9.26 Å². The van der Waals surface area contributed by atoms with Crippen LogP contribution < -0.4 is 9.64 Å². The zero-order valence-corrected chi connectivity index (χ0v) is 12.9. The predicted octanol–water partition coefficient (Wildman–Crippen LogP) is 3.63. The fraction of sp³-hybridized carbons (Fsp3) is 0.111. The first kappa shape index (κ1) is 14.8. The number of benzene rings is 2. The molecule has 23 heavy (non-hydrogen) atoms. The second kappa shape index (κ2) is 6.36. The maximum absolute atomic E-state index is 12.7. The van der Waals surface area contributed by atoms with E-state index < -0.39 is 0 Å². The number of rotatable bonds is 4. The number of hydrogen-bond donors (Lipinski definition) is 0. The molecule has 3 rings (SSSR count). The molecule has 0 aliphatic heterocycles. The molecule has 116 valence electrons. The number of aromatic nitrogens is 1. The lowest BCUT2D eigenvalue weighted by Crippen LogP contribution is -2.26. The van der Waals surface area contributed by atoms with Gasteiger partial charge in [0.25, 0.3) is 5.91 Å². The van der Waals surface area contributed by atoms with Crippen LogP contribution in [0.15, 0.2) is 65.4 Å². The Morgan fingerprint density at radius 2 is 1.78 bits per heavy atom. The molecule has 0 N–H and O–H groups in total. The third-order valence-electron chi connectivity index (χ3n) is 3.61. The Hall–Kier alpha value is -3.08. The molecule has 0 atom stereocenters. The molecule has 0 aliphatic carbocycles. The molecule has 3 aromatic rings. The normalized spacial score (nSPS) is 10.3. The Balaban J connectivity index is 1.90. The lowest BCUT2D eigenvalue weighted by molar-refractivity contribution is 0.0993. The van der Waals surface area contributed by atoms with Gasteiger partial charge >= 0.3 is 0 Å². The van der Waals surface area contributed by atoms with Crippen molar-refractivity contribution < 1.29 is 14.1 Å². The number of hydrogen-bond acceptors (Lipinski definition) is 4. The molecule has 5 heteroatoms. The first-order valence-electron chi connectivity index (χ1n) is 7.12. The molecule has 0 saturated heterocycles. The van der Waals surface area contributed by atoms with Crippen LogP contribution in [-0.4, -0.2) is 25.2 Å². The van der Waals surface area contributed by atoms with Crippen LogP contribution in [0.3, 0.4) is 0 Å². The summed E-state index contributed by atoms with van der Waals surface area (Å²) in [6.07, 6.45) is 1.38. The van der Waals surface area contributed by atoms with Gasteiger partial charge in [-0.05, 0) is 24.3 Å². The van der Waals surface area contributed by atoms with Gasteiger partial charge in [-0.25, -0.2) is 0 Å². The van der Waals surface area contributed by atoms with E-state index in [0.29, 0.717) is 11.3 Å².